The standard InChI is InChI=1S/C20H15FN2O3/c21-15-10-8-13(9-11-15)19(25)22-16-5-3-4-14(12-16)20(26)23-17-6-1-2-7-18(17)24/h1-12,24H,(H,22,25)(H,23,26). The largest absolute Gasteiger partial charge is 0.506 e. The van der Waals surface area contributed by atoms with Crippen LogP contribution in [-0.2, 0) is 0 Å². The fourth-order valence-corrected chi connectivity index (χ4v) is 2.32. The van der Waals surface area contributed by atoms with Crippen LogP contribution < -0.4 is 10.6 Å². The molecule has 0 aliphatic rings. The van der Waals surface area contributed by atoms with Gasteiger partial charge in [-0.3, -0.25) is 9.59 Å². The number of phenols is 1. The molecule has 5 nitrogen and oxygen atoms in total. The fourth-order valence-electron chi connectivity index (χ4n) is 2.32. The SMILES string of the molecule is O=C(Nc1cccc(C(=O)Nc2ccccc2O)c1)c1ccc(F)cc1. The van der Waals surface area contributed by atoms with Crippen molar-refractivity contribution in [2.45, 2.75) is 0 Å². The number of benzene rings is 3. The van der Waals surface area contributed by atoms with Gasteiger partial charge in [0.05, 0.1) is 5.69 Å². The van der Waals surface area contributed by atoms with Gasteiger partial charge < -0.3 is 15.7 Å². The molecular formula is C20H15FN2O3. The molecule has 0 aromatic heterocycles. The highest BCUT2D eigenvalue weighted by Crippen LogP contribution is 2.22. The Hall–Kier alpha value is -3.67. The molecule has 26 heavy (non-hydrogen) atoms. The van der Waals surface area contributed by atoms with Gasteiger partial charge in [-0.2, -0.15) is 0 Å². The van der Waals surface area contributed by atoms with Gasteiger partial charge in [0.1, 0.15) is 11.6 Å². The summed E-state index contributed by atoms with van der Waals surface area (Å²) in [6, 6.07) is 17.9. The van der Waals surface area contributed by atoms with Gasteiger partial charge in [0.2, 0.25) is 0 Å². The molecule has 130 valence electrons. The van der Waals surface area contributed by atoms with Crippen LogP contribution in [0.4, 0.5) is 15.8 Å². The highest BCUT2D eigenvalue weighted by Gasteiger charge is 2.11. The van der Waals surface area contributed by atoms with Gasteiger partial charge in [0, 0.05) is 16.8 Å². The van der Waals surface area contributed by atoms with E-state index in [-0.39, 0.29) is 5.75 Å². The number of phenolic OH excluding ortho intramolecular Hbond substituents is 1. The maximum atomic E-state index is 12.9. The number of hydrogen-bond acceptors (Lipinski definition) is 3. The minimum absolute atomic E-state index is 0.0402. The van der Waals surface area contributed by atoms with Gasteiger partial charge in [-0.25, -0.2) is 4.39 Å². The van der Waals surface area contributed by atoms with E-state index in [2.05, 4.69) is 10.6 Å². The number of nitrogens with one attached hydrogen (secondary N) is 2. The molecule has 0 saturated carbocycles. The lowest BCUT2D eigenvalue weighted by Gasteiger charge is -2.09. The van der Waals surface area contributed by atoms with Crippen molar-refractivity contribution < 1.29 is 19.1 Å². The predicted molar refractivity (Wildman–Crippen MR) is 96.9 cm³/mol. The van der Waals surface area contributed by atoms with Crippen molar-refractivity contribution in [2.24, 2.45) is 0 Å². The first-order valence-corrected chi connectivity index (χ1v) is 7.79. The number of para-hydroxylation sites is 2. The smallest absolute Gasteiger partial charge is 0.255 e. The van der Waals surface area contributed by atoms with Gasteiger partial charge >= 0.3 is 0 Å². The lowest BCUT2D eigenvalue weighted by Crippen LogP contribution is -2.14. The zero-order chi connectivity index (χ0) is 18.5. The highest BCUT2D eigenvalue weighted by molar-refractivity contribution is 6.07. The molecule has 6 heteroatoms. The van der Waals surface area contributed by atoms with Crippen LogP contribution >= 0.6 is 0 Å². The van der Waals surface area contributed by atoms with Crippen LogP contribution in [0.5, 0.6) is 5.75 Å². The third-order valence-corrected chi connectivity index (χ3v) is 3.64. The van der Waals surface area contributed by atoms with Crippen molar-refractivity contribution in [1.29, 1.82) is 0 Å². The number of halogens is 1. The number of anilines is 2. The lowest BCUT2D eigenvalue weighted by molar-refractivity contribution is 0.101. The second-order valence-corrected chi connectivity index (χ2v) is 5.51. The van der Waals surface area contributed by atoms with Crippen molar-refractivity contribution >= 4 is 23.2 Å². The van der Waals surface area contributed by atoms with E-state index in [1.807, 2.05) is 0 Å². The summed E-state index contributed by atoms with van der Waals surface area (Å²) in [6.07, 6.45) is 0. The molecule has 0 bridgehead atoms. The van der Waals surface area contributed by atoms with Crippen molar-refractivity contribution in [3.63, 3.8) is 0 Å². The molecule has 0 aliphatic carbocycles. The first-order chi connectivity index (χ1) is 12.5. The molecule has 0 fully saturated rings. The van der Waals surface area contributed by atoms with Crippen LogP contribution in [0.25, 0.3) is 0 Å². The minimum atomic E-state index is -0.426. The van der Waals surface area contributed by atoms with Crippen LogP contribution in [0.3, 0.4) is 0 Å². The molecule has 3 N–H and O–H groups in total. The molecule has 0 saturated heterocycles. The van der Waals surface area contributed by atoms with Crippen LogP contribution in [-0.4, -0.2) is 16.9 Å². The van der Waals surface area contributed by atoms with Crippen molar-refractivity contribution in [3.8, 4) is 5.75 Å². The average molecular weight is 350 g/mol. The molecule has 3 aromatic carbocycles. The summed E-state index contributed by atoms with van der Waals surface area (Å²) in [7, 11) is 0. The summed E-state index contributed by atoms with van der Waals surface area (Å²) < 4.78 is 12.9. The summed E-state index contributed by atoms with van der Waals surface area (Å²) in [4.78, 5) is 24.5. The predicted octanol–water partition coefficient (Wildman–Crippen LogP) is 4.04. The third-order valence-electron chi connectivity index (χ3n) is 3.64. The van der Waals surface area contributed by atoms with Crippen LogP contribution in [0.15, 0.2) is 72.8 Å². The number of amides is 2. The molecule has 3 rings (SSSR count). The van der Waals surface area contributed by atoms with E-state index in [0.29, 0.717) is 22.5 Å². The highest BCUT2D eigenvalue weighted by atomic mass is 19.1. The minimum Gasteiger partial charge on any atom is -0.506 e. The van der Waals surface area contributed by atoms with Gasteiger partial charge in [-0.05, 0) is 54.6 Å². The molecular weight excluding hydrogens is 335 g/mol. The number of rotatable bonds is 4. The summed E-state index contributed by atoms with van der Waals surface area (Å²) >= 11 is 0. The Kier molecular flexibility index (Phi) is 4.94. The van der Waals surface area contributed by atoms with E-state index in [1.165, 1.54) is 36.4 Å². The molecule has 0 radical (unpaired) electrons. The Morgan fingerprint density at radius 2 is 1.46 bits per heavy atom. The van der Waals surface area contributed by atoms with E-state index in [9.17, 15) is 19.1 Å². The maximum absolute atomic E-state index is 12.9. The first-order valence-electron chi connectivity index (χ1n) is 7.79. The van der Waals surface area contributed by atoms with Gasteiger partial charge in [0.25, 0.3) is 11.8 Å². The van der Waals surface area contributed by atoms with Gasteiger partial charge in [-0.15, -0.1) is 0 Å². The molecule has 0 unspecified atom stereocenters. The second-order valence-electron chi connectivity index (χ2n) is 5.51. The number of aromatic hydroxyl groups is 1. The zero-order valence-electron chi connectivity index (χ0n) is 13.6. The van der Waals surface area contributed by atoms with Gasteiger partial charge in [0.15, 0.2) is 0 Å². The third kappa shape index (κ3) is 4.05. The molecule has 0 heterocycles. The van der Waals surface area contributed by atoms with E-state index < -0.39 is 17.6 Å². The van der Waals surface area contributed by atoms with Crippen molar-refractivity contribution in [2.75, 3.05) is 10.6 Å². The Labute approximate surface area is 149 Å². The number of hydrogen-bond donors (Lipinski definition) is 3. The maximum Gasteiger partial charge on any atom is 0.255 e. The van der Waals surface area contributed by atoms with Crippen LogP contribution in [0.2, 0.25) is 0 Å². The summed E-state index contributed by atoms with van der Waals surface area (Å²) in [5.41, 5.74) is 1.32. The van der Waals surface area contributed by atoms with Crippen molar-refractivity contribution in [1.82, 2.24) is 0 Å². The molecule has 3 aromatic rings. The summed E-state index contributed by atoms with van der Waals surface area (Å²) in [5, 5.41) is 15.0. The molecule has 2 amide bonds. The first kappa shape index (κ1) is 17.2. The number of carbonyl (C=O) groups excluding carboxylic acids is 2. The Bertz CT molecular complexity index is 955. The Morgan fingerprint density at radius 1 is 0.769 bits per heavy atom. The van der Waals surface area contributed by atoms with Gasteiger partial charge in [-0.1, -0.05) is 18.2 Å². The molecule has 0 aliphatic heterocycles. The molecule has 0 atom stereocenters. The Balaban J connectivity index is 1.73. The zero-order valence-corrected chi connectivity index (χ0v) is 13.6. The number of carbonyl (C=O) groups is 2. The normalized spacial score (nSPS) is 10.2. The molecule has 0 spiro atoms. The van der Waals surface area contributed by atoms with E-state index in [4.69, 9.17) is 0 Å². The van der Waals surface area contributed by atoms with Crippen LogP contribution in [0.1, 0.15) is 20.7 Å². The topological polar surface area (TPSA) is 78.4 Å². The van der Waals surface area contributed by atoms with E-state index >= 15 is 0 Å². The summed E-state index contributed by atoms with van der Waals surface area (Å²) in [6.45, 7) is 0. The summed E-state index contributed by atoms with van der Waals surface area (Å²) in [5.74, 6) is -1.31. The quantitative estimate of drug-likeness (QED) is 0.622. The fraction of sp³-hybridized carbons (Fsp3) is 0. The monoisotopic (exact) mass is 350 g/mol. The Morgan fingerprint density at radius 3 is 2.19 bits per heavy atom. The van der Waals surface area contributed by atoms with Crippen LogP contribution in [0, 0.1) is 5.82 Å². The van der Waals surface area contributed by atoms with Crippen molar-refractivity contribution in [3.05, 3.63) is 89.7 Å². The second kappa shape index (κ2) is 7.48. The lowest BCUT2D eigenvalue weighted by atomic mass is 10.1. The van der Waals surface area contributed by atoms with E-state index in [0.717, 1.165) is 0 Å². The average Bonchev–Trinajstić information content (AvgIpc) is 2.64. The van der Waals surface area contributed by atoms with E-state index in [1.54, 1.807) is 36.4 Å².